The molecule has 9 nitrogen and oxygen atoms in total. The molecule has 3 aliphatic rings. The third kappa shape index (κ3) is 3.61. The number of phenols is 1. The number of alkyl halides is 2. The van der Waals surface area contributed by atoms with Crippen LogP contribution >= 0.6 is 11.6 Å². The van der Waals surface area contributed by atoms with Gasteiger partial charge in [0.1, 0.15) is 35.0 Å². The zero-order valence-electron chi connectivity index (χ0n) is 23.0. The van der Waals surface area contributed by atoms with Gasteiger partial charge in [0.15, 0.2) is 0 Å². The van der Waals surface area contributed by atoms with E-state index in [1.54, 1.807) is 0 Å². The van der Waals surface area contributed by atoms with E-state index in [1.165, 1.54) is 28.0 Å². The molecule has 1 aliphatic carbocycles. The number of halogens is 4. The normalized spacial score (nSPS) is 23.0. The zero-order valence-corrected chi connectivity index (χ0v) is 20.8. The number of carbonyl (C=O) groups excluding carboxylic acids is 2. The second-order valence-corrected chi connectivity index (χ2v) is 9.96. The number of benzene rings is 1. The van der Waals surface area contributed by atoms with Crippen molar-refractivity contribution in [2.45, 2.75) is 24.4 Å². The molecule has 1 N–H and O–H groups in total. The van der Waals surface area contributed by atoms with Crippen molar-refractivity contribution in [3.63, 3.8) is 0 Å². The average Bonchev–Trinajstić information content (AvgIpc) is 3.54. The lowest BCUT2D eigenvalue weighted by atomic mass is 10.0. The molecular formula is C26H21ClF3N5O4. The molecule has 13 heteroatoms. The summed E-state index contributed by atoms with van der Waals surface area (Å²) in [4.78, 5) is 47.4. The Bertz CT molecular complexity index is 1760. The van der Waals surface area contributed by atoms with Crippen molar-refractivity contribution in [1.29, 1.82) is 0 Å². The summed E-state index contributed by atoms with van der Waals surface area (Å²) in [6.07, 6.45) is 0.281. The van der Waals surface area contributed by atoms with Crippen LogP contribution in [-0.2, 0) is 9.59 Å². The van der Waals surface area contributed by atoms with Crippen molar-refractivity contribution in [1.82, 2.24) is 14.5 Å². The highest BCUT2D eigenvalue weighted by molar-refractivity contribution is 6.34. The van der Waals surface area contributed by atoms with Crippen molar-refractivity contribution >= 4 is 45.8 Å². The summed E-state index contributed by atoms with van der Waals surface area (Å²) in [6, 6.07) is 1.65. The van der Waals surface area contributed by atoms with Gasteiger partial charge >= 0.3 is 0 Å². The Morgan fingerprint density at radius 1 is 1.31 bits per heavy atom. The van der Waals surface area contributed by atoms with Crippen molar-refractivity contribution < 1.29 is 32.0 Å². The van der Waals surface area contributed by atoms with Gasteiger partial charge in [-0.15, -0.1) is 0 Å². The number of nitrogens with zero attached hydrogens (tertiary/aromatic N) is 5. The second kappa shape index (κ2) is 8.47. The number of rotatable bonds is 3. The number of fused-ring (bicyclic) bond motifs is 5. The molecular weight excluding hydrogens is 539 g/mol. The second-order valence-electron chi connectivity index (χ2n) is 9.55. The number of hydrogen-bond donors (Lipinski definition) is 1. The number of aromatic nitrogens is 2. The van der Waals surface area contributed by atoms with Crippen LogP contribution in [0.3, 0.4) is 0 Å². The minimum atomic E-state index is -3.35. The van der Waals surface area contributed by atoms with Crippen LogP contribution in [0.1, 0.15) is 16.6 Å². The molecule has 0 unspecified atom stereocenters. The van der Waals surface area contributed by atoms with Gasteiger partial charge < -0.3 is 19.8 Å². The van der Waals surface area contributed by atoms with Crippen LogP contribution < -0.4 is 15.4 Å². The lowest BCUT2D eigenvalue weighted by Crippen LogP contribution is -2.63. The standard InChI is InChI=1S/C26H21ClF3N5O4/c1-3-18(37)33-7-8-34-15(11-33)24(38)32(2)22-21(34)12-9-13(27)20(19-14(28)5-4-6-16(19)36)31-23(12)35(25(22)39)17-10-26(17,29)30/h3-6,9,15,17,36H,1,7-8,10-11H2,2H3/t15-,17-/m1/s1/i2D3. The van der Waals surface area contributed by atoms with Gasteiger partial charge in [0.05, 0.1) is 28.5 Å². The van der Waals surface area contributed by atoms with Crippen molar-refractivity contribution in [2.75, 3.05) is 36.4 Å². The molecule has 2 aromatic heterocycles. The fraction of sp³-hybridized carbons (Fsp3) is 0.308. The Kier molecular flexibility index (Phi) is 4.74. The number of amides is 2. The first-order chi connectivity index (χ1) is 19.7. The number of phenolic OH excluding ortho intramolecular Hbond substituents is 1. The Morgan fingerprint density at radius 2 is 2.05 bits per heavy atom. The van der Waals surface area contributed by atoms with Crippen molar-refractivity contribution in [3.05, 3.63) is 58.1 Å². The molecule has 0 bridgehead atoms. The van der Waals surface area contributed by atoms with Crippen LogP contribution in [0.5, 0.6) is 5.75 Å². The van der Waals surface area contributed by atoms with E-state index in [1.807, 2.05) is 0 Å². The average molecular weight is 563 g/mol. The minimum Gasteiger partial charge on any atom is -0.507 e. The summed E-state index contributed by atoms with van der Waals surface area (Å²) in [6.45, 7) is 0.00486. The molecule has 1 aromatic carbocycles. The highest BCUT2D eigenvalue weighted by Crippen LogP contribution is 2.54. The van der Waals surface area contributed by atoms with Crippen LogP contribution in [0.25, 0.3) is 22.3 Å². The van der Waals surface area contributed by atoms with E-state index >= 15 is 0 Å². The van der Waals surface area contributed by atoms with Gasteiger partial charge in [0, 0.05) is 36.0 Å². The largest absolute Gasteiger partial charge is 0.507 e. The van der Waals surface area contributed by atoms with Gasteiger partial charge in [-0.1, -0.05) is 24.2 Å². The number of anilines is 2. The Labute approximate surface area is 228 Å². The Hall–Kier alpha value is -4.06. The van der Waals surface area contributed by atoms with E-state index in [2.05, 4.69) is 11.6 Å². The maximum Gasteiger partial charge on any atom is 0.278 e. The minimum absolute atomic E-state index is 0.0383. The Balaban J connectivity index is 1.70. The van der Waals surface area contributed by atoms with E-state index in [-0.39, 0.29) is 47.1 Å². The summed E-state index contributed by atoms with van der Waals surface area (Å²) in [5, 5.41) is 10.1. The summed E-state index contributed by atoms with van der Waals surface area (Å²) >= 11 is 6.53. The number of carbonyl (C=O) groups is 2. The molecule has 1 saturated carbocycles. The maximum absolute atomic E-state index is 14.8. The van der Waals surface area contributed by atoms with Crippen LogP contribution in [0.2, 0.25) is 5.02 Å². The van der Waals surface area contributed by atoms with E-state index in [4.69, 9.17) is 15.7 Å². The van der Waals surface area contributed by atoms with E-state index in [0.29, 0.717) is 9.47 Å². The summed E-state index contributed by atoms with van der Waals surface area (Å²) in [7, 11) is 0. The quantitative estimate of drug-likeness (QED) is 0.492. The summed E-state index contributed by atoms with van der Waals surface area (Å²) in [5.74, 6) is -6.34. The van der Waals surface area contributed by atoms with Gasteiger partial charge in [-0.05, 0) is 24.3 Å². The third-order valence-electron chi connectivity index (χ3n) is 7.30. The number of pyridine rings is 2. The molecule has 202 valence electrons. The third-order valence-corrected chi connectivity index (χ3v) is 7.59. The molecule has 2 aliphatic heterocycles. The van der Waals surface area contributed by atoms with E-state index in [9.17, 15) is 32.7 Å². The first-order valence-electron chi connectivity index (χ1n) is 13.3. The van der Waals surface area contributed by atoms with Crippen LogP contribution in [0.15, 0.2) is 41.7 Å². The molecule has 6 rings (SSSR count). The predicted molar refractivity (Wildman–Crippen MR) is 138 cm³/mol. The highest BCUT2D eigenvalue weighted by atomic mass is 35.5. The van der Waals surface area contributed by atoms with Crippen LogP contribution in [-0.4, -0.2) is 69.9 Å². The fourth-order valence-corrected chi connectivity index (χ4v) is 5.56. The van der Waals surface area contributed by atoms with E-state index in [0.717, 1.165) is 12.1 Å². The first kappa shape index (κ1) is 21.8. The molecule has 3 aromatic rings. The molecule has 39 heavy (non-hydrogen) atoms. The topological polar surface area (TPSA) is 99.0 Å². The molecule has 4 heterocycles. The first-order valence-corrected chi connectivity index (χ1v) is 12.2. The fourth-order valence-electron chi connectivity index (χ4n) is 5.31. The lowest BCUT2D eigenvalue weighted by molar-refractivity contribution is -0.128. The Morgan fingerprint density at radius 3 is 2.69 bits per heavy atom. The summed E-state index contributed by atoms with van der Waals surface area (Å²) < 4.78 is 68.8. The number of aromatic hydroxyl groups is 1. The van der Waals surface area contributed by atoms with Gasteiger partial charge in [-0.3, -0.25) is 19.0 Å². The highest BCUT2D eigenvalue weighted by Gasteiger charge is 2.60. The summed E-state index contributed by atoms with van der Waals surface area (Å²) in [5.41, 5.74) is -3.11. The van der Waals surface area contributed by atoms with Gasteiger partial charge in [-0.2, -0.15) is 0 Å². The SMILES string of the molecule is [2H]C([2H])([2H])N1C(=O)[C@H]2CN(C(=O)C=C)CCN2c2c1c(=O)n([C@@H]1CC1(F)F)c1nc(-c3c(O)cccc3F)c(Cl)cc21. The van der Waals surface area contributed by atoms with E-state index < -0.39 is 71.6 Å². The molecule has 2 amide bonds. The molecule has 0 radical (unpaired) electrons. The smallest absolute Gasteiger partial charge is 0.278 e. The zero-order chi connectivity index (χ0) is 30.5. The number of piperazine rings is 1. The molecule has 0 spiro atoms. The van der Waals surface area contributed by atoms with Gasteiger partial charge in [0.25, 0.3) is 17.4 Å². The predicted octanol–water partition coefficient (Wildman–Crippen LogP) is 3.32. The molecule has 2 fully saturated rings. The number of likely N-dealkylation sites (N-methyl/N-ethyl adjacent to an activating group) is 1. The van der Waals surface area contributed by atoms with Gasteiger partial charge in [0.2, 0.25) is 5.91 Å². The maximum atomic E-state index is 14.8. The lowest BCUT2D eigenvalue weighted by Gasteiger charge is -2.47. The van der Waals surface area contributed by atoms with Gasteiger partial charge in [-0.25, -0.2) is 18.2 Å². The monoisotopic (exact) mass is 562 g/mol. The molecule has 1 saturated heterocycles. The van der Waals surface area contributed by atoms with Crippen molar-refractivity contribution in [3.8, 4) is 17.0 Å². The van der Waals surface area contributed by atoms with Crippen LogP contribution in [0.4, 0.5) is 24.5 Å². The van der Waals surface area contributed by atoms with Crippen LogP contribution in [0, 0.1) is 5.82 Å². The molecule has 2 atom stereocenters. The van der Waals surface area contributed by atoms with Crippen molar-refractivity contribution in [2.24, 2.45) is 0 Å². The number of hydrogen-bond acceptors (Lipinski definition) is 6.